The number of carbonyl (C=O) groups is 3. The fraction of sp³-hybridized carbons (Fsp3) is 0.500. The Bertz CT molecular complexity index is 579. The predicted octanol–water partition coefficient (Wildman–Crippen LogP) is 2.81. The zero-order valence-corrected chi connectivity index (χ0v) is 13.2. The fourth-order valence-corrected chi connectivity index (χ4v) is 2.98. The van der Waals surface area contributed by atoms with Crippen LogP contribution in [0.1, 0.15) is 60.2 Å². The molecule has 4 heteroatoms. The van der Waals surface area contributed by atoms with E-state index in [1.807, 2.05) is 6.92 Å². The Kier molecular flexibility index (Phi) is 5.61. The molecule has 2 rings (SSSR count). The van der Waals surface area contributed by atoms with Crippen molar-refractivity contribution in [2.75, 3.05) is 6.54 Å². The van der Waals surface area contributed by atoms with Crippen molar-refractivity contribution < 1.29 is 14.4 Å². The summed E-state index contributed by atoms with van der Waals surface area (Å²) >= 11 is 0. The topological polar surface area (TPSA) is 63.2 Å². The van der Waals surface area contributed by atoms with Crippen LogP contribution >= 0.6 is 0 Å². The molecule has 22 heavy (non-hydrogen) atoms. The lowest BCUT2D eigenvalue weighted by Crippen LogP contribution is -2.49. The van der Waals surface area contributed by atoms with E-state index in [1.54, 1.807) is 24.3 Å². The maximum atomic E-state index is 12.7. The molecule has 0 aromatic heterocycles. The van der Waals surface area contributed by atoms with Gasteiger partial charge in [-0.3, -0.25) is 14.4 Å². The molecule has 0 saturated heterocycles. The van der Waals surface area contributed by atoms with Crippen LogP contribution in [0.3, 0.4) is 0 Å². The molecule has 0 fully saturated rings. The zero-order chi connectivity index (χ0) is 16.1. The highest BCUT2D eigenvalue weighted by Crippen LogP contribution is 2.27. The molecule has 0 radical (unpaired) electrons. The second-order valence-electron chi connectivity index (χ2n) is 5.78. The van der Waals surface area contributed by atoms with Crippen molar-refractivity contribution in [1.82, 2.24) is 5.32 Å². The minimum atomic E-state index is -0.876. The van der Waals surface area contributed by atoms with Crippen LogP contribution in [0.15, 0.2) is 24.3 Å². The molecule has 1 aromatic rings. The van der Waals surface area contributed by atoms with Gasteiger partial charge in [-0.15, -0.1) is 0 Å². The highest BCUT2D eigenvalue weighted by Gasteiger charge is 2.43. The van der Waals surface area contributed by atoms with Crippen LogP contribution < -0.4 is 5.32 Å². The molecular formula is C18H23NO3. The van der Waals surface area contributed by atoms with Crippen LogP contribution in [0.4, 0.5) is 0 Å². The Morgan fingerprint density at radius 3 is 2.32 bits per heavy atom. The van der Waals surface area contributed by atoms with Gasteiger partial charge in [0.25, 0.3) is 0 Å². The van der Waals surface area contributed by atoms with Gasteiger partial charge < -0.3 is 5.32 Å². The lowest BCUT2D eigenvalue weighted by Gasteiger charge is -2.29. The molecule has 4 nitrogen and oxygen atoms in total. The van der Waals surface area contributed by atoms with Crippen LogP contribution in [0.25, 0.3) is 0 Å². The van der Waals surface area contributed by atoms with Gasteiger partial charge in [0, 0.05) is 17.2 Å². The van der Waals surface area contributed by atoms with Crippen molar-refractivity contribution in [1.29, 1.82) is 0 Å². The number of carbonyl (C=O) groups excluding carboxylic acids is 3. The molecule has 0 amide bonds. The number of unbranched alkanes of at least 4 members (excludes halogenated alkanes) is 1. The highest BCUT2D eigenvalue weighted by molar-refractivity contribution is 6.52. The van der Waals surface area contributed by atoms with Gasteiger partial charge >= 0.3 is 0 Å². The van der Waals surface area contributed by atoms with E-state index < -0.39 is 17.5 Å². The third kappa shape index (κ3) is 3.17. The first kappa shape index (κ1) is 16.6. The average Bonchev–Trinajstić information content (AvgIpc) is 2.53. The molecule has 118 valence electrons. The second-order valence-corrected chi connectivity index (χ2v) is 5.78. The number of rotatable bonds is 7. The average molecular weight is 301 g/mol. The molecule has 0 saturated carbocycles. The Balaban J connectivity index is 2.30. The van der Waals surface area contributed by atoms with E-state index in [9.17, 15) is 14.4 Å². The number of Topliss-reactive ketones (excluding diaryl/α,β-unsaturated/α-hetero) is 3. The molecular weight excluding hydrogens is 278 g/mol. The van der Waals surface area contributed by atoms with Crippen molar-refractivity contribution >= 4 is 17.3 Å². The van der Waals surface area contributed by atoms with Crippen molar-refractivity contribution in [2.24, 2.45) is 5.92 Å². The Morgan fingerprint density at radius 2 is 1.68 bits per heavy atom. The van der Waals surface area contributed by atoms with Crippen LogP contribution in [0.2, 0.25) is 0 Å². The van der Waals surface area contributed by atoms with Gasteiger partial charge in [-0.1, -0.05) is 51.0 Å². The summed E-state index contributed by atoms with van der Waals surface area (Å²) in [5.41, 5.74) is 0.632. The molecule has 2 unspecified atom stereocenters. The van der Waals surface area contributed by atoms with E-state index >= 15 is 0 Å². The first-order valence-electron chi connectivity index (χ1n) is 8.07. The summed E-state index contributed by atoms with van der Waals surface area (Å²) in [6.45, 7) is 4.86. The highest BCUT2D eigenvalue weighted by atomic mass is 16.2. The Labute approximate surface area is 131 Å². The van der Waals surface area contributed by atoms with E-state index in [2.05, 4.69) is 12.2 Å². The largest absolute Gasteiger partial charge is 0.313 e. The smallest absolute Gasteiger partial charge is 0.230 e. The molecule has 0 heterocycles. The van der Waals surface area contributed by atoms with Gasteiger partial charge in [0.2, 0.25) is 11.6 Å². The third-order valence-electron chi connectivity index (χ3n) is 4.16. The normalized spacial score (nSPS) is 19.2. The fourth-order valence-electron chi connectivity index (χ4n) is 2.98. The van der Waals surface area contributed by atoms with E-state index in [0.29, 0.717) is 12.0 Å². The van der Waals surface area contributed by atoms with Crippen molar-refractivity contribution in [3.63, 3.8) is 0 Å². The van der Waals surface area contributed by atoms with Gasteiger partial charge in [-0.25, -0.2) is 0 Å². The molecule has 0 spiro atoms. The number of hydrogen-bond donors (Lipinski definition) is 1. The molecule has 1 aliphatic rings. The molecule has 1 N–H and O–H groups in total. The minimum Gasteiger partial charge on any atom is -0.313 e. The quantitative estimate of drug-likeness (QED) is 0.478. The zero-order valence-electron chi connectivity index (χ0n) is 13.2. The number of hydrogen-bond acceptors (Lipinski definition) is 4. The van der Waals surface area contributed by atoms with E-state index in [0.717, 1.165) is 25.8 Å². The summed E-state index contributed by atoms with van der Waals surface area (Å²) in [4.78, 5) is 37.4. The van der Waals surface area contributed by atoms with Gasteiger partial charge in [0.15, 0.2) is 5.78 Å². The summed E-state index contributed by atoms with van der Waals surface area (Å²) in [5, 5.41) is 3.31. The summed E-state index contributed by atoms with van der Waals surface area (Å²) in [6.07, 6.45) is 3.60. The van der Waals surface area contributed by atoms with E-state index in [1.165, 1.54) is 0 Å². The van der Waals surface area contributed by atoms with Crippen molar-refractivity contribution in [3.8, 4) is 0 Å². The van der Waals surface area contributed by atoms with Gasteiger partial charge in [0.1, 0.15) is 5.92 Å². The maximum absolute atomic E-state index is 12.7. The first-order valence-corrected chi connectivity index (χ1v) is 8.07. The Morgan fingerprint density at radius 1 is 1.00 bits per heavy atom. The predicted molar refractivity (Wildman–Crippen MR) is 85.2 cm³/mol. The molecule has 0 bridgehead atoms. The minimum absolute atomic E-state index is 0.220. The summed E-state index contributed by atoms with van der Waals surface area (Å²) in [6, 6.07) is 6.36. The Hall–Kier alpha value is -1.81. The lowest BCUT2D eigenvalue weighted by molar-refractivity contribution is -0.118. The first-order chi connectivity index (χ1) is 10.6. The van der Waals surface area contributed by atoms with Crippen LogP contribution in [-0.4, -0.2) is 29.9 Å². The maximum Gasteiger partial charge on any atom is 0.230 e. The number of fused-ring (bicyclic) bond motifs is 1. The summed E-state index contributed by atoms with van der Waals surface area (Å²) in [5.74, 6) is -2.19. The van der Waals surface area contributed by atoms with Gasteiger partial charge in [0.05, 0.1) is 0 Å². The molecule has 1 aromatic carbocycles. The number of benzene rings is 1. The number of nitrogens with one attached hydrogen (secondary N) is 1. The lowest BCUT2D eigenvalue weighted by atomic mass is 9.76. The monoisotopic (exact) mass is 301 g/mol. The summed E-state index contributed by atoms with van der Waals surface area (Å²) < 4.78 is 0. The van der Waals surface area contributed by atoms with Crippen LogP contribution in [-0.2, 0) is 4.79 Å². The van der Waals surface area contributed by atoms with Crippen LogP contribution in [0, 0.1) is 5.92 Å². The van der Waals surface area contributed by atoms with E-state index in [-0.39, 0.29) is 17.4 Å². The van der Waals surface area contributed by atoms with Crippen molar-refractivity contribution in [3.05, 3.63) is 35.4 Å². The molecule has 0 aliphatic heterocycles. The number of ketones is 3. The van der Waals surface area contributed by atoms with Gasteiger partial charge in [-0.05, 0) is 19.4 Å². The van der Waals surface area contributed by atoms with Crippen molar-refractivity contribution in [2.45, 2.75) is 45.6 Å². The SMILES string of the molecule is CCCCNC(CCC)C1C(=O)C(=O)c2ccccc2C1=O. The third-order valence-corrected chi connectivity index (χ3v) is 4.16. The van der Waals surface area contributed by atoms with E-state index in [4.69, 9.17) is 0 Å². The van der Waals surface area contributed by atoms with Crippen LogP contribution in [0.5, 0.6) is 0 Å². The molecule has 2 atom stereocenters. The molecule has 1 aliphatic carbocycles. The van der Waals surface area contributed by atoms with Gasteiger partial charge in [-0.2, -0.15) is 0 Å². The standard InChI is InChI=1S/C18H23NO3/c1-3-5-11-19-14(8-4-2)15-16(20)12-9-6-7-10-13(12)17(21)18(15)22/h6-7,9-10,14-15,19H,3-5,8,11H2,1-2H3. The second kappa shape index (κ2) is 7.45. The summed E-state index contributed by atoms with van der Waals surface area (Å²) in [7, 11) is 0.